The number of hydrogen-bond acceptors (Lipinski definition) is 6. The van der Waals surface area contributed by atoms with Gasteiger partial charge in [0.25, 0.3) is 0 Å². The molecule has 0 saturated heterocycles. The van der Waals surface area contributed by atoms with Crippen LogP contribution in [0.1, 0.15) is 18.9 Å². The molecule has 0 spiro atoms. The first kappa shape index (κ1) is 22.7. The maximum absolute atomic E-state index is 12.7. The summed E-state index contributed by atoms with van der Waals surface area (Å²) in [6.45, 7) is 4.02. The molecule has 2 aromatic rings. The maximum atomic E-state index is 12.7. The van der Waals surface area contributed by atoms with Crippen molar-refractivity contribution >= 4 is 28.9 Å². The van der Waals surface area contributed by atoms with E-state index >= 15 is 0 Å². The van der Waals surface area contributed by atoms with Crippen molar-refractivity contribution in [1.82, 2.24) is 15.2 Å². The third kappa shape index (κ3) is 6.45. The van der Waals surface area contributed by atoms with Crippen molar-refractivity contribution in [3.63, 3.8) is 0 Å². The normalized spacial score (nSPS) is 11.3. The number of ether oxygens (including phenoxy) is 1. The van der Waals surface area contributed by atoms with Gasteiger partial charge in [-0.1, -0.05) is 23.7 Å². The van der Waals surface area contributed by atoms with Crippen LogP contribution in [0, 0.1) is 0 Å². The topological polar surface area (TPSA) is 83.7 Å². The molecule has 0 aliphatic heterocycles. The Kier molecular flexibility index (Phi) is 8.92. The van der Waals surface area contributed by atoms with Crippen molar-refractivity contribution in [1.29, 1.82) is 0 Å². The Bertz CT molecular complexity index is 809. The average molecular weight is 418 g/mol. The number of nitrogens with one attached hydrogen (secondary N) is 1. The smallest absolute Gasteiger partial charge is 0.226 e. The summed E-state index contributed by atoms with van der Waals surface area (Å²) in [5, 5.41) is 5.20. The minimum absolute atomic E-state index is 0.0375. The fourth-order valence-corrected chi connectivity index (χ4v) is 2.90. The van der Waals surface area contributed by atoms with Crippen molar-refractivity contribution in [2.45, 2.75) is 13.3 Å². The summed E-state index contributed by atoms with van der Waals surface area (Å²) < 4.78 is 5.10. The molecule has 1 aromatic carbocycles. The molecule has 0 fully saturated rings. The molecule has 0 saturated carbocycles. The number of nitrogens with zero attached hydrogens (tertiary/aromatic N) is 3. The number of anilines is 1. The largest absolute Gasteiger partial charge is 0.481 e. The standard InChI is InChI=1S/C21H28ClN5O2/c1-4-26(14-13-24-2)21(28)12-10-19(16-5-7-17(22)8-6-16)27(23)18-9-11-20(29-3)25-15-18/h5-11,15,24H,4,12-14,23H2,1-3H3/b19-10-. The Morgan fingerprint density at radius 3 is 2.55 bits per heavy atom. The number of rotatable bonds is 10. The Hall–Kier alpha value is -2.61. The Balaban J connectivity index is 2.29. The molecule has 8 heteroatoms. The number of nitrogens with two attached hydrogens (primary N) is 1. The van der Waals surface area contributed by atoms with Gasteiger partial charge in [-0.3, -0.25) is 9.80 Å². The van der Waals surface area contributed by atoms with E-state index < -0.39 is 0 Å². The molecule has 29 heavy (non-hydrogen) atoms. The second-order valence-electron chi connectivity index (χ2n) is 6.31. The van der Waals surface area contributed by atoms with Crippen LogP contribution in [0.4, 0.5) is 5.69 Å². The number of halogens is 1. The lowest BCUT2D eigenvalue weighted by Gasteiger charge is -2.24. The summed E-state index contributed by atoms with van der Waals surface area (Å²) >= 11 is 6.03. The minimum Gasteiger partial charge on any atom is -0.481 e. The van der Waals surface area contributed by atoms with Crippen LogP contribution in [0.3, 0.4) is 0 Å². The number of benzene rings is 1. The first-order chi connectivity index (χ1) is 14.0. The molecule has 0 radical (unpaired) electrons. The van der Waals surface area contributed by atoms with Gasteiger partial charge in [0.1, 0.15) is 0 Å². The third-order valence-electron chi connectivity index (χ3n) is 4.44. The summed E-state index contributed by atoms with van der Waals surface area (Å²) in [5.41, 5.74) is 2.20. The summed E-state index contributed by atoms with van der Waals surface area (Å²) in [7, 11) is 3.42. The monoisotopic (exact) mass is 417 g/mol. The molecule has 156 valence electrons. The Labute approximate surface area is 177 Å². The Morgan fingerprint density at radius 1 is 1.28 bits per heavy atom. The molecule has 7 nitrogen and oxygen atoms in total. The highest BCUT2D eigenvalue weighted by Gasteiger charge is 2.15. The average Bonchev–Trinajstić information content (AvgIpc) is 2.75. The van der Waals surface area contributed by atoms with Gasteiger partial charge in [-0.15, -0.1) is 0 Å². The molecule has 0 aliphatic rings. The summed E-state index contributed by atoms with van der Waals surface area (Å²) in [4.78, 5) is 18.7. The molecule has 0 aliphatic carbocycles. The number of hydrazine groups is 1. The lowest BCUT2D eigenvalue weighted by atomic mass is 10.1. The van der Waals surface area contributed by atoms with Crippen molar-refractivity contribution < 1.29 is 9.53 Å². The zero-order chi connectivity index (χ0) is 21.2. The lowest BCUT2D eigenvalue weighted by Crippen LogP contribution is -2.36. The van der Waals surface area contributed by atoms with Crippen molar-refractivity contribution in [2.24, 2.45) is 5.84 Å². The van der Waals surface area contributed by atoms with Crippen LogP contribution in [0.5, 0.6) is 5.88 Å². The van der Waals surface area contributed by atoms with E-state index in [-0.39, 0.29) is 12.3 Å². The van der Waals surface area contributed by atoms with E-state index in [1.54, 1.807) is 31.5 Å². The number of aromatic nitrogens is 1. The molecular weight excluding hydrogens is 390 g/mol. The predicted molar refractivity (Wildman–Crippen MR) is 118 cm³/mol. The van der Waals surface area contributed by atoms with Gasteiger partial charge in [-0.25, -0.2) is 10.8 Å². The summed E-state index contributed by atoms with van der Waals surface area (Å²) in [6.07, 6.45) is 3.68. The van der Waals surface area contributed by atoms with Crippen LogP contribution in [0.2, 0.25) is 5.02 Å². The highest BCUT2D eigenvalue weighted by molar-refractivity contribution is 6.30. The fourth-order valence-electron chi connectivity index (χ4n) is 2.77. The molecule has 1 amide bonds. The molecule has 3 N–H and O–H groups in total. The van der Waals surface area contributed by atoms with Crippen LogP contribution in [0.25, 0.3) is 5.70 Å². The predicted octanol–water partition coefficient (Wildman–Crippen LogP) is 2.92. The molecule has 0 atom stereocenters. The van der Waals surface area contributed by atoms with Gasteiger partial charge in [0.15, 0.2) is 0 Å². The van der Waals surface area contributed by atoms with E-state index in [1.165, 1.54) is 5.01 Å². The number of carbonyl (C=O) groups excluding carboxylic acids is 1. The molecule has 1 aromatic heterocycles. The quantitative estimate of drug-likeness (QED) is 0.456. The van der Waals surface area contributed by atoms with E-state index in [1.807, 2.05) is 43.1 Å². The SMILES string of the molecule is CCN(CCNC)C(=O)C/C=C(/c1ccc(Cl)cc1)N(N)c1ccc(OC)nc1. The van der Waals surface area contributed by atoms with Gasteiger partial charge < -0.3 is 15.0 Å². The molecule has 0 unspecified atom stereocenters. The molecule has 2 rings (SSSR count). The van der Waals surface area contributed by atoms with Crippen molar-refractivity contribution in [2.75, 3.05) is 38.8 Å². The van der Waals surface area contributed by atoms with Crippen LogP contribution in [0.15, 0.2) is 48.7 Å². The second-order valence-corrected chi connectivity index (χ2v) is 6.74. The third-order valence-corrected chi connectivity index (χ3v) is 4.70. The summed E-state index contributed by atoms with van der Waals surface area (Å²) in [5.74, 6) is 6.93. The van der Waals surface area contributed by atoms with Gasteiger partial charge >= 0.3 is 0 Å². The number of hydrogen-bond donors (Lipinski definition) is 2. The Morgan fingerprint density at radius 2 is 2.00 bits per heavy atom. The van der Waals surface area contributed by atoms with Gasteiger partial charge in [0.2, 0.25) is 11.8 Å². The molecule has 0 bridgehead atoms. The highest BCUT2D eigenvalue weighted by Crippen LogP contribution is 2.25. The fraction of sp³-hybridized carbons (Fsp3) is 0.333. The number of likely N-dealkylation sites (N-methyl/N-ethyl adjacent to an activating group) is 2. The first-order valence-corrected chi connectivity index (χ1v) is 9.81. The summed E-state index contributed by atoms with van der Waals surface area (Å²) in [6, 6.07) is 10.9. The van der Waals surface area contributed by atoms with Crippen LogP contribution < -0.4 is 20.9 Å². The van der Waals surface area contributed by atoms with Crippen LogP contribution in [-0.4, -0.2) is 49.6 Å². The van der Waals surface area contributed by atoms with Gasteiger partial charge in [-0.05, 0) is 43.8 Å². The van der Waals surface area contributed by atoms with E-state index in [9.17, 15) is 4.79 Å². The zero-order valence-corrected chi connectivity index (χ0v) is 17.8. The number of methoxy groups -OCH3 is 1. The van der Waals surface area contributed by atoms with Gasteiger partial charge in [0, 0.05) is 37.1 Å². The highest BCUT2D eigenvalue weighted by atomic mass is 35.5. The van der Waals surface area contributed by atoms with Crippen molar-refractivity contribution in [3.05, 3.63) is 59.3 Å². The maximum Gasteiger partial charge on any atom is 0.226 e. The zero-order valence-electron chi connectivity index (χ0n) is 17.1. The number of amides is 1. The van der Waals surface area contributed by atoms with E-state index in [0.717, 1.165) is 12.1 Å². The van der Waals surface area contributed by atoms with Gasteiger partial charge in [0.05, 0.1) is 24.7 Å². The van der Waals surface area contributed by atoms with Gasteiger partial charge in [-0.2, -0.15) is 0 Å². The van der Waals surface area contributed by atoms with E-state index in [4.69, 9.17) is 22.2 Å². The van der Waals surface area contributed by atoms with Crippen LogP contribution >= 0.6 is 11.6 Å². The molecular formula is C21H28ClN5O2. The number of pyridine rings is 1. The van der Waals surface area contributed by atoms with E-state index in [2.05, 4.69) is 10.3 Å². The van der Waals surface area contributed by atoms with Crippen molar-refractivity contribution in [3.8, 4) is 5.88 Å². The number of carbonyl (C=O) groups is 1. The molecule has 1 heterocycles. The van der Waals surface area contributed by atoms with Crippen LogP contribution in [-0.2, 0) is 4.79 Å². The second kappa shape index (κ2) is 11.4. The first-order valence-electron chi connectivity index (χ1n) is 9.43. The van der Waals surface area contributed by atoms with E-state index in [0.29, 0.717) is 35.4 Å². The lowest BCUT2D eigenvalue weighted by molar-refractivity contribution is -0.130. The minimum atomic E-state index is 0.0375.